The summed E-state index contributed by atoms with van der Waals surface area (Å²) < 4.78 is 5.49. The lowest BCUT2D eigenvalue weighted by Gasteiger charge is -2.21. The van der Waals surface area contributed by atoms with Crippen molar-refractivity contribution >= 4 is 5.78 Å². The smallest absolute Gasteiger partial charge is 0.138 e. The molecule has 1 aliphatic rings. The molecule has 0 radical (unpaired) electrons. The fourth-order valence-electron chi connectivity index (χ4n) is 1.47. The molecule has 1 atom stereocenters. The monoisotopic (exact) mass is 177 g/mol. The predicted octanol–water partition coefficient (Wildman–Crippen LogP) is 1.50. The van der Waals surface area contributed by atoms with Crippen LogP contribution in [0.5, 0.6) is 0 Å². The summed E-state index contributed by atoms with van der Waals surface area (Å²) in [5.41, 5.74) is 1.04. The van der Waals surface area contributed by atoms with Gasteiger partial charge in [-0.1, -0.05) is 0 Å². The molecule has 68 valence electrons. The number of ether oxygens (including phenoxy) is 1. The molecule has 1 aromatic heterocycles. The first-order valence-electron chi connectivity index (χ1n) is 4.39. The summed E-state index contributed by atoms with van der Waals surface area (Å²) >= 11 is 0. The van der Waals surface area contributed by atoms with Gasteiger partial charge in [0.2, 0.25) is 0 Å². The van der Waals surface area contributed by atoms with Crippen molar-refractivity contribution in [3.8, 4) is 0 Å². The van der Waals surface area contributed by atoms with Gasteiger partial charge in [0.25, 0.3) is 0 Å². The summed E-state index contributed by atoms with van der Waals surface area (Å²) in [6.45, 7) is 0.547. The second-order valence-corrected chi connectivity index (χ2v) is 3.13. The van der Waals surface area contributed by atoms with Crippen molar-refractivity contribution in [2.75, 3.05) is 6.61 Å². The van der Waals surface area contributed by atoms with E-state index in [0.29, 0.717) is 19.4 Å². The van der Waals surface area contributed by atoms with Crippen molar-refractivity contribution in [1.29, 1.82) is 0 Å². The molecule has 1 aromatic rings. The molecule has 2 rings (SSSR count). The van der Waals surface area contributed by atoms with Crippen LogP contribution in [0, 0.1) is 0 Å². The van der Waals surface area contributed by atoms with E-state index >= 15 is 0 Å². The first kappa shape index (κ1) is 8.38. The highest BCUT2D eigenvalue weighted by molar-refractivity contribution is 5.79. The molecule has 0 saturated carbocycles. The summed E-state index contributed by atoms with van der Waals surface area (Å²) in [5.74, 6) is 0.285. The SMILES string of the molecule is O=C1CCO[C@H](c2ccncc2)C1. The third kappa shape index (κ3) is 1.92. The maximum atomic E-state index is 11.2. The average molecular weight is 177 g/mol. The normalized spacial score (nSPS) is 23.1. The molecule has 3 heteroatoms. The number of hydrogen-bond donors (Lipinski definition) is 0. The molecule has 1 saturated heterocycles. The van der Waals surface area contributed by atoms with Crippen molar-refractivity contribution < 1.29 is 9.53 Å². The number of nitrogens with zero attached hydrogens (tertiary/aromatic N) is 1. The number of aromatic nitrogens is 1. The molecule has 0 unspecified atom stereocenters. The Balaban J connectivity index is 2.13. The largest absolute Gasteiger partial charge is 0.373 e. The lowest BCUT2D eigenvalue weighted by Crippen LogP contribution is -2.19. The van der Waals surface area contributed by atoms with Crippen LogP contribution in [0.2, 0.25) is 0 Å². The summed E-state index contributed by atoms with van der Waals surface area (Å²) in [7, 11) is 0. The van der Waals surface area contributed by atoms with Gasteiger partial charge in [-0.15, -0.1) is 0 Å². The van der Waals surface area contributed by atoms with Crippen molar-refractivity contribution in [3.05, 3.63) is 30.1 Å². The molecule has 0 aliphatic carbocycles. The van der Waals surface area contributed by atoms with Crippen molar-refractivity contribution in [2.24, 2.45) is 0 Å². The topological polar surface area (TPSA) is 39.2 Å². The maximum absolute atomic E-state index is 11.2. The molecule has 13 heavy (non-hydrogen) atoms. The Morgan fingerprint density at radius 3 is 2.85 bits per heavy atom. The van der Waals surface area contributed by atoms with E-state index in [2.05, 4.69) is 4.98 Å². The van der Waals surface area contributed by atoms with E-state index in [1.165, 1.54) is 0 Å². The Kier molecular flexibility index (Phi) is 2.36. The van der Waals surface area contributed by atoms with E-state index in [1.54, 1.807) is 12.4 Å². The number of hydrogen-bond acceptors (Lipinski definition) is 3. The van der Waals surface area contributed by atoms with Gasteiger partial charge in [-0.25, -0.2) is 0 Å². The van der Waals surface area contributed by atoms with Crippen LogP contribution in [0.15, 0.2) is 24.5 Å². The van der Waals surface area contributed by atoms with Gasteiger partial charge in [-0.2, -0.15) is 0 Å². The Labute approximate surface area is 76.7 Å². The van der Waals surface area contributed by atoms with Crippen molar-refractivity contribution in [2.45, 2.75) is 18.9 Å². The van der Waals surface area contributed by atoms with E-state index < -0.39 is 0 Å². The lowest BCUT2D eigenvalue weighted by molar-refractivity contribution is -0.128. The molecular weight excluding hydrogens is 166 g/mol. The second kappa shape index (κ2) is 3.66. The first-order valence-corrected chi connectivity index (χ1v) is 4.39. The van der Waals surface area contributed by atoms with Gasteiger partial charge in [0.15, 0.2) is 0 Å². The molecule has 1 aliphatic heterocycles. The highest BCUT2D eigenvalue weighted by atomic mass is 16.5. The molecular formula is C10H11NO2. The number of carbonyl (C=O) groups excluding carboxylic acids is 1. The summed E-state index contributed by atoms with van der Waals surface area (Å²) in [4.78, 5) is 15.1. The van der Waals surface area contributed by atoms with E-state index in [4.69, 9.17) is 4.74 Å². The average Bonchev–Trinajstić information content (AvgIpc) is 2.19. The zero-order chi connectivity index (χ0) is 9.10. The first-order chi connectivity index (χ1) is 6.36. The fourth-order valence-corrected chi connectivity index (χ4v) is 1.47. The van der Waals surface area contributed by atoms with Gasteiger partial charge in [0, 0.05) is 25.2 Å². The van der Waals surface area contributed by atoms with E-state index in [1.807, 2.05) is 12.1 Å². The number of pyridine rings is 1. The number of rotatable bonds is 1. The number of carbonyl (C=O) groups is 1. The standard InChI is InChI=1S/C10H11NO2/c12-9-3-6-13-10(7-9)8-1-4-11-5-2-8/h1-2,4-5,10H,3,6-7H2/t10-/m0/s1. The Hall–Kier alpha value is -1.22. The highest BCUT2D eigenvalue weighted by Crippen LogP contribution is 2.24. The number of ketones is 1. The number of Topliss-reactive ketones (excluding diaryl/α,β-unsaturated/α-hetero) is 1. The van der Waals surface area contributed by atoms with Gasteiger partial charge in [0.1, 0.15) is 5.78 Å². The molecule has 0 N–H and O–H groups in total. The van der Waals surface area contributed by atoms with Gasteiger partial charge in [-0.05, 0) is 17.7 Å². The van der Waals surface area contributed by atoms with Gasteiger partial charge >= 0.3 is 0 Å². The van der Waals surface area contributed by atoms with Gasteiger partial charge in [0.05, 0.1) is 12.7 Å². The van der Waals surface area contributed by atoms with Crippen molar-refractivity contribution in [1.82, 2.24) is 4.98 Å². The van der Waals surface area contributed by atoms with Crippen LogP contribution < -0.4 is 0 Å². The second-order valence-electron chi connectivity index (χ2n) is 3.13. The molecule has 0 bridgehead atoms. The fraction of sp³-hybridized carbons (Fsp3) is 0.400. The predicted molar refractivity (Wildman–Crippen MR) is 47.2 cm³/mol. The molecule has 1 fully saturated rings. The highest BCUT2D eigenvalue weighted by Gasteiger charge is 2.21. The van der Waals surface area contributed by atoms with Crippen LogP contribution in [0.25, 0.3) is 0 Å². The van der Waals surface area contributed by atoms with Crippen LogP contribution in [0.1, 0.15) is 24.5 Å². The zero-order valence-corrected chi connectivity index (χ0v) is 7.27. The third-order valence-corrected chi connectivity index (χ3v) is 2.19. The molecule has 3 nitrogen and oxygen atoms in total. The van der Waals surface area contributed by atoms with Crippen LogP contribution in [-0.2, 0) is 9.53 Å². The van der Waals surface area contributed by atoms with Gasteiger partial charge < -0.3 is 4.74 Å². The minimum Gasteiger partial charge on any atom is -0.373 e. The minimum atomic E-state index is -0.0516. The van der Waals surface area contributed by atoms with Crippen LogP contribution in [0.4, 0.5) is 0 Å². The summed E-state index contributed by atoms with van der Waals surface area (Å²) in [6.07, 6.45) is 4.45. The third-order valence-electron chi connectivity index (χ3n) is 2.19. The quantitative estimate of drug-likeness (QED) is 0.652. The Morgan fingerprint density at radius 2 is 2.15 bits per heavy atom. The van der Waals surface area contributed by atoms with Crippen LogP contribution in [0.3, 0.4) is 0 Å². The van der Waals surface area contributed by atoms with Crippen LogP contribution in [-0.4, -0.2) is 17.4 Å². The Morgan fingerprint density at radius 1 is 1.38 bits per heavy atom. The van der Waals surface area contributed by atoms with Crippen LogP contribution >= 0.6 is 0 Å². The summed E-state index contributed by atoms with van der Waals surface area (Å²) in [6, 6.07) is 3.78. The van der Waals surface area contributed by atoms with E-state index in [-0.39, 0.29) is 11.9 Å². The minimum absolute atomic E-state index is 0.0516. The molecule has 0 amide bonds. The zero-order valence-electron chi connectivity index (χ0n) is 7.27. The molecule has 0 spiro atoms. The summed E-state index contributed by atoms with van der Waals surface area (Å²) in [5, 5.41) is 0. The van der Waals surface area contributed by atoms with E-state index in [0.717, 1.165) is 5.56 Å². The van der Waals surface area contributed by atoms with E-state index in [9.17, 15) is 4.79 Å². The van der Waals surface area contributed by atoms with Crippen molar-refractivity contribution in [3.63, 3.8) is 0 Å². The van der Waals surface area contributed by atoms with Gasteiger partial charge in [-0.3, -0.25) is 9.78 Å². The molecule has 0 aromatic carbocycles. The Bertz CT molecular complexity index is 297. The maximum Gasteiger partial charge on any atom is 0.138 e. The lowest BCUT2D eigenvalue weighted by atomic mass is 10.0. The molecule has 2 heterocycles.